The van der Waals surface area contributed by atoms with Gasteiger partial charge in [0.1, 0.15) is 0 Å². The van der Waals surface area contributed by atoms with Gasteiger partial charge in [0.2, 0.25) is 5.24 Å². The van der Waals surface area contributed by atoms with Crippen LogP contribution in [-0.4, -0.2) is 5.24 Å². The highest BCUT2D eigenvalue weighted by Crippen LogP contribution is 2.68. The third-order valence-corrected chi connectivity index (χ3v) is 4.22. The molecule has 1 nitrogen and oxygen atoms in total. The molecule has 3 atom stereocenters. The molecule has 0 aliphatic heterocycles. The van der Waals surface area contributed by atoms with Crippen LogP contribution in [0, 0.1) is 5.92 Å². The van der Waals surface area contributed by atoms with E-state index in [0.29, 0.717) is 11.8 Å². The smallest absolute Gasteiger partial charge is 0.225 e. The monoisotopic (exact) mass is 228 g/mol. The Hall–Kier alpha value is -1.34. The maximum absolute atomic E-state index is 11.3. The van der Waals surface area contributed by atoms with E-state index in [-0.39, 0.29) is 11.2 Å². The molecule has 16 heavy (non-hydrogen) atoms. The van der Waals surface area contributed by atoms with Crippen LogP contribution in [0.4, 0.5) is 0 Å². The van der Waals surface area contributed by atoms with Crippen LogP contribution in [0.25, 0.3) is 10.8 Å². The molecule has 78 valence electrons. The summed E-state index contributed by atoms with van der Waals surface area (Å²) in [6, 6.07) is 12.7. The van der Waals surface area contributed by atoms with Gasteiger partial charge in [-0.05, 0) is 33.5 Å². The zero-order chi connectivity index (χ0) is 10.9. The number of hydrogen-bond donors (Lipinski definition) is 0. The molecule has 1 saturated carbocycles. The summed E-state index contributed by atoms with van der Waals surface area (Å²) >= 11 is 5.64. The van der Waals surface area contributed by atoms with Gasteiger partial charge in [0, 0.05) is 17.8 Å². The second-order valence-electron chi connectivity index (χ2n) is 4.67. The van der Waals surface area contributed by atoms with E-state index in [0.717, 1.165) is 0 Å². The SMILES string of the molecule is O=C(Cl)C1[C@H]2c3cccc4cccc(c34)[C@@H]12. The summed E-state index contributed by atoms with van der Waals surface area (Å²) < 4.78 is 0. The summed E-state index contributed by atoms with van der Waals surface area (Å²) in [5.74, 6) is 0.736. The Balaban J connectivity index is 2.02. The van der Waals surface area contributed by atoms with Crippen LogP contribution in [0.1, 0.15) is 23.0 Å². The zero-order valence-corrected chi connectivity index (χ0v) is 9.24. The first-order valence-electron chi connectivity index (χ1n) is 5.50. The summed E-state index contributed by atoms with van der Waals surface area (Å²) in [4.78, 5) is 11.3. The number of fused-ring (bicyclic) bond motifs is 3. The lowest BCUT2D eigenvalue weighted by molar-refractivity contribution is -0.112. The predicted octanol–water partition coefficient (Wildman–Crippen LogP) is 3.42. The molecule has 2 aromatic rings. The number of carbonyl (C=O) groups excluding carboxylic acids is 1. The number of carbonyl (C=O) groups is 1. The summed E-state index contributed by atoms with van der Waals surface area (Å²) in [6.45, 7) is 0. The van der Waals surface area contributed by atoms with Crippen LogP contribution < -0.4 is 0 Å². The Morgan fingerprint density at radius 2 is 1.56 bits per heavy atom. The first kappa shape index (κ1) is 8.77. The number of benzene rings is 2. The third-order valence-electron chi connectivity index (χ3n) is 3.97. The lowest BCUT2D eigenvalue weighted by Gasteiger charge is -2.06. The van der Waals surface area contributed by atoms with Crippen molar-refractivity contribution in [3.8, 4) is 0 Å². The van der Waals surface area contributed by atoms with Gasteiger partial charge < -0.3 is 0 Å². The Kier molecular flexibility index (Phi) is 1.46. The van der Waals surface area contributed by atoms with Gasteiger partial charge in [0.25, 0.3) is 0 Å². The van der Waals surface area contributed by atoms with Crippen LogP contribution in [-0.2, 0) is 4.79 Å². The molecule has 0 aromatic heterocycles. The second kappa shape index (κ2) is 2.67. The van der Waals surface area contributed by atoms with Gasteiger partial charge in [0.15, 0.2) is 0 Å². The molecule has 0 amide bonds. The van der Waals surface area contributed by atoms with Crippen LogP contribution in [0.15, 0.2) is 36.4 Å². The Morgan fingerprint density at radius 3 is 2.06 bits per heavy atom. The van der Waals surface area contributed by atoms with Gasteiger partial charge in [-0.3, -0.25) is 4.79 Å². The van der Waals surface area contributed by atoms with E-state index < -0.39 is 0 Å². The molecule has 2 heteroatoms. The summed E-state index contributed by atoms with van der Waals surface area (Å²) in [6.07, 6.45) is 0. The van der Waals surface area contributed by atoms with Crippen molar-refractivity contribution in [2.24, 2.45) is 5.92 Å². The molecular formula is C14H9ClO. The molecule has 0 spiro atoms. The Bertz CT molecular complexity index is 587. The van der Waals surface area contributed by atoms with E-state index in [1.807, 2.05) is 0 Å². The highest BCUT2D eigenvalue weighted by molar-refractivity contribution is 6.64. The van der Waals surface area contributed by atoms with Crippen LogP contribution >= 0.6 is 11.6 Å². The predicted molar refractivity (Wildman–Crippen MR) is 63.8 cm³/mol. The minimum atomic E-state index is -0.179. The van der Waals surface area contributed by atoms with Crippen molar-refractivity contribution < 1.29 is 4.79 Å². The van der Waals surface area contributed by atoms with E-state index in [4.69, 9.17) is 11.6 Å². The minimum Gasteiger partial charge on any atom is -0.281 e. The Labute approximate surface area is 98.0 Å². The quantitative estimate of drug-likeness (QED) is 0.684. The normalized spacial score (nSPS) is 29.2. The van der Waals surface area contributed by atoms with Crippen molar-refractivity contribution in [1.82, 2.24) is 0 Å². The van der Waals surface area contributed by atoms with Crippen LogP contribution in [0.5, 0.6) is 0 Å². The summed E-state index contributed by atoms with van der Waals surface area (Å²) in [5, 5.41) is 2.46. The standard InChI is InChI=1S/C14H9ClO/c15-14(16)13-11-8-5-1-3-7-4-2-6-9(10(7)8)12(11)13/h1-6,11-13H/t11-,12+,13?. The Morgan fingerprint density at radius 1 is 1.00 bits per heavy atom. The molecule has 2 aromatic carbocycles. The first-order chi connectivity index (χ1) is 7.79. The molecule has 0 bridgehead atoms. The zero-order valence-electron chi connectivity index (χ0n) is 8.48. The fraction of sp³-hybridized carbons (Fsp3) is 0.214. The molecule has 0 heterocycles. The average Bonchev–Trinajstić information content (AvgIpc) is 2.95. The lowest BCUT2D eigenvalue weighted by Crippen LogP contribution is -1.97. The third kappa shape index (κ3) is 0.863. The van der Waals surface area contributed by atoms with E-state index in [1.54, 1.807) is 0 Å². The van der Waals surface area contributed by atoms with Crippen LogP contribution in [0.2, 0.25) is 0 Å². The molecule has 0 saturated heterocycles. The average molecular weight is 229 g/mol. The molecule has 0 radical (unpaired) electrons. The number of rotatable bonds is 1. The molecule has 0 N–H and O–H groups in total. The van der Waals surface area contributed by atoms with Crippen molar-refractivity contribution in [2.75, 3.05) is 0 Å². The maximum Gasteiger partial charge on any atom is 0.225 e. The van der Waals surface area contributed by atoms with E-state index in [9.17, 15) is 4.79 Å². The molecule has 4 rings (SSSR count). The minimum absolute atomic E-state index is 0.0298. The van der Waals surface area contributed by atoms with Gasteiger partial charge in [-0.25, -0.2) is 0 Å². The van der Waals surface area contributed by atoms with Crippen molar-refractivity contribution in [3.05, 3.63) is 47.5 Å². The molecule has 1 fully saturated rings. The van der Waals surface area contributed by atoms with Crippen LogP contribution in [0.3, 0.4) is 0 Å². The van der Waals surface area contributed by atoms with Gasteiger partial charge in [0.05, 0.1) is 0 Å². The van der Waals surface area contributed by atoms with E-state index in [2.05, 4.69) is 36.4 Å². The lowest BCUT2D eigenvalue weighted by atomic mass is 9.98. The van der Waals surface area contributed by atoms with Gasteiger partial charge >= 0.3 is 0 Å². The van der Waals surface area contributed by atoms with Crippen molar-refractivity contribution in [1.29, 1.82) is 0 Å². The van der Waals surface area contributed by atoms with Gasteiger partial charge in [-0.2, -0.15) is 0 Å². The van der Waals surface area contributed by atoms with Gasteiger partial charge in [-0.15, -0.1) is 0 Å². The van der Waals surface area contributed by atoms with E-state index >= 15 is 0 Å². The topological polar surface area (TPSA) is 17.1 Å². The van der Waals surface area contributed by atoms with Crippen molar-refractivity contribution in [3.63, 3.8) is 0 Å². The second-order valence-corrected chi connectivity index (χ2v) is 5.05. The highest BCUT2D eigenvalue weighted by atomic mass is 35.5. The molecule has 2 aliphatic carbocycles. The summed E-state index contributed by atoms with van der Waals surface area (Å²) in [5.41, 5.74) is 2.63. The van der Waals surface area contributed by atoms with Crippen molar-refractivity contribution >= 4 is 27.6 Å². The molecule has 1 unspecified atom stereocenters. The van der Waals surface area contributed by atoms with Gasteiger partial charge in [-0.1, -0.05) is 36.4 Å². The van der Waals surface area contributed by atoms with Crippen molar-refractivity contribution in [2.45, 2.75) is 11.8 Å². The molecule has 2 aliphatic rings. The number of halogens is 1. The largest absolute Gasteiger partial charge is 0.281 e. The summed E-state index contributed by atoms with van der Waals surface area (Å²) in [7, 11) is 0. The van der Waals surface area contributed by atoms with E-state index in [1.165, 1.54) is 21.9 Å². The highest BCUT2D eigenvalue weighted by Gasteiger charge is 2.59. The molecular weight excluding hydrogens is 220 g/mol. The fourth-order valence-electron chi connectivity index (χ4n) is 3.32. The first-order valence-corrected chi connectivity index (χ1v) is 5.88. The fourth-order valence-corrected chi connectivity index (χ4v) is 3.59. The number of hydrogen-bond acceptors (Lipinski definition) is 1. The maximum atomic E-state index is 11.3.